The Balaban J connectivity index is 2.27. The Morgan fingerprint density at radius 3 is 2.40 bits per heavy atom. The molecule has 0 aliphatic carbocycles. The first-order valence-electron chi connectivity index (χ1n) is 9.70. The number of rotatable bonds is 9. The van der Waals surface area contributed by atoms with Crippen molar-refractivity contribution in [2.45, 2.75) is 46.2 Å². The number of aryl methyl sites for hydroxylation is 2. The zero-order valence-electron chi connectivity index (χ0n) is 17.6. The van der Waals surface area contributed by atoms with E-state index in [2.05, 4.69) is 18.3 Å². The van der Waals surface area contributed by atoms with Crippen LogP contribution in [0.1, 0.15) is 37.5 Å². The molecule has 0 unspecified atom stereocenters. The van der Waals surface area contributed by atoms with Gasteiger partial charge in [-0.15, -0.1) is 0 Å². The minimum atomic E-state index is -3.86. The Kier molecular flexibility index (Phi) is 7.55. The smallest absolute Gasteiger partial charge is 0.271 e. The summed E-state index contributed by atoms with van der Waals surface area (Å²) >= 11 is 0. The maximum Gasteiger partial charge on any atom is 0.271 e. The van der Waals surface area contributed by atoms with E-state index in [1.54, 1.807) is 0 Å². The van der Waals surface area contributed by atoms with Gasteiger partial charge in [-0.05, 0) is 42.5 Å². The van der Waals surface area contributed by atoms with E-state index in [-0.39, 0.29) is 17.9 Å². The van der Waals surface area contributed by atoms with Crippen molar-refractivity contribution in [2.24, 2.45) is 0 Å². The molecule has 2 aromatic carbocycles. The summed E-state index contributed by atoms with van der Waals surface area (Å²) < 4.78 is 25.7. The molecule has 30 heavy (non-hydrogen) atoms. The topological polar surface area (TPSA) is 110 Å². The number of amides is 1. The van der Waals surface area contributed by atoms with Crippen LogP contribution in [0.2, 0.25) is 0 Å². The third kappa shape index (κ3) is 5.56. The SMILES string of the molecule is CCc1ccc(CC)c(CNC(=O)[C@@H](C)N(c2cccc([N+](=O)[O-])c2)S(C)(=O)=O)c1. The number of hydrogen-bond acceptors (Lipinski definition) is 5. The summed E-state index contributed by atoms with van der Waals surface area (Å²) in [7, 11) is -3.86. The summed E-state index contributed by atoms with van der Waals surface area (Å²) in [6, 6.07) is 10.3. The van der Waals surface area contributed by atoms with Crippen LogP contribution in [0.5, 0.6) is 0 Å². The molecule has 1 N–H and O–H groups in total. The third-order valence-corrected chi connectivity index (χ3v) is 6.14. The lowest BCUT2D eigenvalue weighted by molar-refractivity contribution is -0.384. The maximum absolute atomic E-state index is 12.8. The summed E-state index contributed by atoms with van der Waals surface area (Å²) in [5.41, 5.74) is 3.06. The highest BCUT2D eigenvalue weighted by Gasteiger charge is 2.30. The molecule has 0 saturated heterocycles. The first-order valence-corrected chi connectivity index (χ1v) is 11.6. The average molecular weight is 434 g/mol. The zero-order chi connectivity index (χ0) is 22.5. The van der Waals surface area contributed by atoms with Gasteiger partial charge in [0.1, 0.15) is 6.04 Å². The monoisotopic (exact) mass is 433 g/mol. The number of non-ortho nitro benzene ring substituents is 1. The van der Waals surface area contributed by atoms with E-state index in [0.717, 1.165) is 46.2 Å². The largest absolute Gasteiger partial charge is 0.350 e. The molecule has 1 amide bonds. The van der Waals surface area contributed by atoms with Crippen molar-refractivity contribution in [2.75, 3.05) is 10.6 Å². The highest BCUT2D eigenvalue weighted by atomic mass is 32.2. The number of carbonyl (C=O) groups is 1. The fraction of sp³-hybridized carbons (Fsp3) is 0.381. The first-order chi connectivity index (χ1) is 14.1. The van der Waals surface area contributed by atoms with Crippen molar-refractivity contribution in [3.63, 3.8) is 0 Å². The second-order valence-corrected chi connectivity index (χ2v) is 8.90. The lowest BCUT2D eigenvalue weighted by Gasteiger charge is -2.28. The van der Waals surface area contributed by atoms with Gasteiger partial charge >= 0.3 is 0 Å². The number of hydrogen-bond donors (Lipinski definition) is 1. The number of nitro groups is 1. The van der Waals surface area contributed by atoms with E-state index < -0.39 is 26.9 Å². The lowest BCUT2D eigenvalue weighted by atomic mass is 10.0. The van der Waals surface area contributed by atoms with Gasteiger partial charge in [0.25, 0.3) is 5.69 Å². The van der Waals surface area contributed by atoms with E-state index in [9.17, 15) is 23.3 Å². The van der Waals surface area contributed by atoms with Gasteiger partial charge in [0.05, 0.1) is 16.9 Å². The second kappa shape index (κ2) is 9.71. The Morgan fingerprint density at radius 2 is 1.83 bits per heavy atom. The molecule has 0 radical (unpaired) electrons. The van der Waals surface area contributed by atoms with Crippen LogP contribution in [0.15, 0.2) is 42.5 Å². The standard InChI is InChI=1S/C21H27N3O5S/c1-5-16-10-11-17(6-2)18(12-16)14-22-21(25)15(3)23(30(4,28)29)19-8-7-9-20(13-19)24(26)27/h7-13,15H,5-6,14H2,1-4H3,(H,22,25)/t15-/m1/s1. The van der Waals surface area contributed by atoms with Gasteiger partial charge in [-0.25, -0.2) is 8.42 Å². The highest BCUT2D eigenvalue weighted by Crippen LogP contribution is 2.25. The van der Waals surface area contributed by atoms with Crippen LogP contribution in [-0.2, 0) is 34.2 Å². The van der Waals surface area contributed by atoms with Gasteiger partial charge in [0, 0.05) is 18.7 Å². The van der Waals surface area contributed by atoms with Crippen LogP contribution in [0, 0.1) is 10.1 Å². The van der Waals surface area contributed by atoms with Gasteiger partial charge in [-0.2, -0.15) is 0 Å². The minimum Gasteiger partial charge on any atom is -0.350 e. The Labute approximate surface area is 177 Å². The van der Waals surface area contributed by atoms with E-state index >= 15 is 0 Å². The van der Waals surface area contributed by atoms with E-state index in [1.807, 2.05) is 19.1 Å². The lowest BCUT2D eigenvalue weighted by Crippen LogP contribution is -2.47. The van der Waals surface area contributed by atoms with Crippen molar-refractivity contribution in [1.82, 2.24) is 5.32 Å². The predicted molar refractivity (Wildman–Crippen MR) is 117 cm³/mol. The Morgan fingerprint density at radius 1 is 1.13 bits per heavy atom. The molecular formula is C21H27N3O5S. The van der Waals surface area contributed by atoms with Crippen LogP contribution in [0.25, 0.3) is 0 Å². The average Bonchev–Trinajstić information content (AvgIpc) is 2.70. The molecule has 2 aromatic rings. The zero-order valence-corrected chi connectivity index (χ0v) is 18.4. The molecule has 2 rings (SSSR count). The van der Waals surface area contributed by atoms with E-state index in [0.29, 0.717) is 0 Å². The van der Waals surface area contributed by atoms with Crippen molar-refractivity contribution in [1.29, 1.82) is 0 Å². The number of nitro benzene ring substituents is 1. The molecule has 0 aliphatic rings. The van der Waals surface area contributed by atoms with Crippen LogP contribution < -0.4 is 9.62 Å². The molecule has 1 atom stereocenters. The van der Waals surface area contributed by atoms with Gasteiger partial charge in [-0.3, -0.25) is 19.2 Å². The Bertz CT molecular complexity index is 1040. The Hall–Kier alpha value is -2.94. The molecule has 0 spiro atoms. The van der Waals surface area contributed by atoms with Crippen molar-refractivity contribution >= 4 is 27.3 Å². The maximum atomic E-state index is 12.8. The van der Waals surface area contributed by atoms with Crippen LogP contribution in [-0.4, -0.2) is 31.5 Å². The molecule has 0 fully saturated rings. The van der Waals surface area contributed by atoms with Gasteiger partial charge in [-0.1, -0.05) is 38.1 Å². The van der Waals surface area contributed by atoms with Crippen molar-refractivity contribution in [3.8, 4) is 0 Å². The van der Waals surface area contributed by atoms with Gasteiger partial charge < -0.3 is 5.32 Å². The van der Waals surface area contributed by atoms with E-state index in [4.69, 9.17) is 0 Å². The fourth-order valence-corrected chi connectivity index (χ4v) is 4.46. The van der Waals surface area contributed by atoms with Gasteiger partial charge in [0.2, 0.25) is 15.9 Å². The molecule has 9 heteroatoms. The molecule has 0 bridgehead atoms. The second-order valence-electron chi connectivity index (χ2n) is 7.04. The van der Waals surface area contributed by atoms with E-state index in [1.165, 1.54) is 25.1 Å². The van der Waals surface area contributed by atoms with Crippen LogP contribution in [0.3, 0.4) is 0 Å². The molecule has 0 aromatic heterocycles. The van der Waals surface area contributed by atoms with Crippen molar-refractivity contribution < 1.29 is 18.1 Å². The number of benzene rings is 2. The summed E-state index contributed by atoms with van der Waals surface area (Å²) in [6.45, 7) is 5.81. The highest BCUT2D eigenvalue weighted by molar-refractivity contribution is 7.92. The first kappa shape index (κ1) is 23.3. The summed E-state index contributed by atoms with van der Waals surface area (Å²) in [4.78, 5) is 23.2. The number of anilines is 1. The normalized spacial score (nSPS) is 12.3. The van der Waals surface area contributed by atoms with Crippen LogP contribution in [0.4, 0.5) is 11.4 Å². The van der Waals surface area contributed by atoms with Crippen molar-refractivity contribution in [3.05, 3.63) is 69.3 Å². The fourth-order valence-electron chi connectivity index (χ4n) is 3.29. The molecule has 162 valence electrons. The molecule has 0 heterocycles. The summed E-state index contributed by atoms with van der Waals surface area (Å²) in [5.74, 6) is -0.490. The molecular weight excluding hydrogens is 406 g/mol. The minimum absolute atomic E-state index is 0.0663. The molecule has 0 aliphatic heterocycles. The molecule has 8 nitrogen and oxygen atoms in total. The molecule has 0 saturated carbocycles. The quantitative estimate of drug-likeness (QED) is 0.482. The summed E-state index contributed by atoms with van der Waals surface area (Å²) in [6.07, 6.45) is 2.65. The number of carbonyl (C=O) groups excluding carboxylic acids is 1. The number of nitrogens with zero attached hydrogens (tertiary/aromatic N) is 2. The predicted octanol–water partition coefficient (Wildman–Crippen LogP) is 3.19. The number of sulfonamides is 1. The van der Waals surface area contributed by atoms with Crippen LogP contribution >= 0.6 is 0 Å². The summed E-state index contributed by atoms with van der Waals surface area (Å²) in [5, 5.41) is 13.9. The third-order valence-electron chi connectivity index (χ3n) is 4.90. The number of nitrogens with one attached hydrogen (secondary N) is 1. The van der Waals surface area contributed by atoms with Gasteiger partial charge in [0.15, 0.2) is 0 Å².